The van der Waals surface area contributed by atoms with Crippen molar-refractivity contribution in [2.75, 3.05) is 6.61 Å². The minimum Gasteiger partial charge on any atom is -0.373 e. The van der Waals surface area contributed by atoms with Crippen molar-refractivity contribution in [2.24, 2.45) is 5.92 Å². The monoisotopic (exact) mass is 534 g/mol. The summed E-state index contributed by atoms with van der Waals surface area (Å²) in [5.74, 6) is 0.0133. The van der Waals surface area contributed by atoms with E-state index in [1.807, 2.05) is 12.3 Å². The van der Waals surface area contributed by atoms with Crippen molar-refractivity contribution < 1.29 is 9.13 Å². The van der Waals surface area contributed by atoms with Gasteiger partial charge in [-0.15, -0.1) is 0 Å². The first-order valence-electron chi connectivity index (χ1n) is 13.0. The molecule has 3 aromatic heterocycles. The molecule has 0 bridgehead atoms. The molecule has 7 nitrogen and oxygen atoms in total. The lowest BCUT2D eigenvalue weighted by Crippen LogP contribution is -2.25. The van der Waals surface area contributed by atoms with Crippen molar-refractivity contribution in [1.29, 1.82) is 0 Å². The van der Waals surface area contributed by atoms with Gasteiger partial charge < -0.3 is 9.30 Å². The van der Waals surface area contributed by atoms with Crippen LogP contribution in [0.15, 0.2) is 52.3 Å². The Hall–Kier alpha value is -3.36. The summed E-state index contributed by atoms with van der Waals surface area (Å²) in [5.41, 5.74) is 3.37. The lowest BCUT2D eigenvalue weighted by Gasteiger charge is -2.30. The molecule has 0 N–H and O–H groups in total. The highest BCUT2D eigenvalue weighted by Gasteiger charge is 2.29. The predicted molar refractivity (Wildman–Crippen MR) is 143 cm³/mol. The molecule has 2 fully saturated rings. The van der Waals surface area contributed by atoms with Crippen molar-refractivity contribution in [1.82, 2.24) is 18.9 Å². The summed E-state index contributed by atoms with van der Waals surface area (Å²) in [6.45, 7) is 4.74. The van der Waals surface area contributed by atoms with E-state index >= 15 is 4.39 Å². The summed E-state index contributed by atoms with van der Waals surface area (Å²) in [7, 11) is 0. The van der Waals surface area contributed by atoms with Gasteiger partial charge in [-0.3, -0.25) is 14.0 Å². The molecule has 2 atom stereocenters. The number of aryl methyl sites for hydroxylation is 1. The van der Waals surface area contributed by atoms with E-state index in [0.717, 1.165) is 24.9 Å². The van der Waals surface area contributed by atoms with Gasteiger partial charge in [-0.2, -0.15) is 0 Å². The lowest BCUT2D eigenvalue weighted by atomic mass is 9.90. The van der Waals surface area contributed by atoms with Crippen LogP contribution in [0.1, 0.15) is 60.2 Å². The van der Waals surface area contributed by atoms with E-state index in [1.165, 1.54) is 10.5 Å². The van der Waals surface area contributed by atoms with E-state index < -0.39 is 5.82 Å². The molecule has 9 heteroatoms. The third-order valence-corrected chi connectivity index (χ3v) is 7.95. The lowest BCUT2D eigenvalue weighted by molar-refractivity contribution is 0.00417. The minimum atomic E-state index is -0.528. The van der Waals surface area contributed by atoms with Gasteiger partial charge in [-0.1, -0.05) is 11.6 Å². The van der Waals surface area contributed by atoms with Crippen LogP contribution in [0.3, 0.4) is 0 Å². The third kappa shape index (κ3) is 4.67. The van der Waals surface area contributed by atoms with Gasteiger partial charge in [0.05, 0.1) is 11.8 Å². The summed E-state index contributed by atoms with van der Waals surface area (Å²) in [6, 6.07) is 7.85. The van der Waals surface area contributed by atoms with Gasteiger partial charge in [-0.05, 0) is 75.3 Å². The van der Waals surface area contributed by atoms with Gasteiger partial charge >= 0.3 is 0 Å². The Morgan fingerprint density at radius 2 is 1.89 bits per heavy atom. The van der Waals surface area contributed by atoms with E-state index in [-0.39, 0.29) is 33.7 Å². The van der Waals surface area contributed by atoms with Crippen LogP contribution < -0.4 is 11.1 Å². The van der Waals surface area contributed by atoms with E-state index in [0.29, 0.717) is 53.7 Å². The molecule has 0 amide bonds. The number of rotatable bonds is 5. The van der Waals surface area contributed by atoms with Crippen LogP contribution in [0.4, 0.5) is 4.39 Å². The van der Waals surface area contributed by atoms with Gasteiger partial charge in [0, 0.05) is 59.4 Å². The number of aromatic nitrogens is 4. The summed E-state index contributed by atoms with van der Waals surface area (Å²) in [4.78, 5) is 35.1. The van der Waals surface area contributed by atoms with Crippen molar-refractivity contribution >= 4 is 17.2 Å². The van der Waals surface area contributed by atoms with Crippen LogP contribution >= 0.6 is 11.6 Å². The molecule has 2 aliphatic rings. The molecule has 38 heavy (non-hydrogen) atoms. The Balaban J connectivity index is 1.42. The van der Waals surface area contributed by atoms with E-state index in [1.54, 1.807) is 42.8 Å². The van der Waals surface area contributed by atoms with Gasteiger partial charge in [0.2, 0.25) is 0 Å². The third-order valence-electron chi connectivity index (χ3n) is 7.72. The Morgan fingerprint density at radius 1 is 1.08 bits per heavy atom. The summed E-state index contributed by atoms with van der Waals surface area (Å²) in [6.07, 6.45) is 7.07. The number of nitrogens with zero attached hydrogens (tertiary/aromatic N) is 4. The highest BCUT2D eigenvalue weighted by Crippen LogP contribution is 2.38. The van der Waals surface area contributed by atoms with E-state index in [9.17, 15) is 9.59 Å². The van der Waals surface area contributed by atoms with Crippen molar-refractivity contribution in [2.45, 2.75) is 58.1 Å². The molecule has 1 saturated heterocycles. The van der Waals surface area contributed by atoms with Crippen LogP contribution in [0.2, 0.25) is 5.02 Å². The first-order chi connectivity index (χ1) is 18.3. The fourth-order valence-electron chi connectivity index (χ4n) is 5.17. The SMILES string of the molecule is Cc1nc2c(-c3ccc(Cl)cc3F)nc([C@H]3CCO[C@@H](c4ccc(=O)n(CC5CC5)c4)C3)cn2c(=O)c1C. The van der Waals surface area contributed by atoms with Crippen LogP contribution in [0.25, 0.3) is 16.9 Å². The first-order valence-corrected chi connectivity index (χ1v) is 13.3. The molecule has 4 heterocycles. The fourth-order valence-corrected chi connectivity index (χ4v) is 5.33. The Morgan fingerprint density at radius 3 is 2.66 bits per heavy atom. The number of ether oxygens (including phenoxy) is 1. The first kappa shape index (κ1) is 24.9. The second kappa shape index (κ2) is 9.75. The number of benzene rings is 1. The molecule has 6 rings (SSSR count). The zero-order chi connectivity index (χ0) is 26.6. The minimum absolute atomic E-state index is 0.00335. The van der Waals surface area contributed by atoms with Gasteiger partial charge in [0.1, 0.15) is 11.5 Å². The Labute approximate surface area is 223 Å². The topological polar surface area (TPSA) is 78.5 Å². The predicted octanol–water partition coefficient (Wildman–Crippen LogP) is 5.37. The molecule has 1 saturated carbocycles. The van der Waals surface area contributed by atoms with Gasteiger partial charge in [-0.25, -0.2) is 14.4 Å². The fraction of sp³-hybridized carbons (Fsp3) is 0.379. The van der Waals surface area contributed by atoms with Crippen LogP contribution in [0.5, 0.6) is 0 Å². The molecular formula is C29H28ClFN4O3. The van der Waals surface area contributed by atoms with Crippen LogP contribution in [0, 0.1) is 25.6 Å². The van der Waals surface area contributed by atoms with E-state index in [4.69, 9.17) is 21.3 Å². The van der Waals surface area contributed by atoms with Crippen molar-refractivity contribution in [3.05, 3.63) is 96.8 Å². The zero-order valence-corrected chi connectivity index (χ0v) is 22.0. The Kier molecular flexibility index (Phi) is 6.40. The second-order valence-corrected chi connectivity index (χ2v) is 10.9. The molecule has 1 aromatic carbocycles. The molecule has 0 spiro atoms. The molecular weight excluding hydrogens is 507 g/mol. The average Bonchev–Trinajstić information content (AvgIpc) is 3.73. The summed E-state index contributed by atoms with van der Waals surface area (Å²) in [5, 5.41) is 0.277. The molecule has 0 radical (unpaired) electrons. The number of hydrogen-bond donors (Lipinski definition) is 0. The Bertz CT molecular complexity index is 1680. The number of pyridine rings is 1. The average molecular weight is 535 g/mol. The summed E-state index contributed by atoms with van der Waals surface area (Å²) < 4.78 is 24.5. The molecule has 196 valence electrons. The molecule has 4 aromatic rings. The highest BCUT2D eigenvalue weighted by molar-refractivity contribution is 6.30. The maximum atomic E-state index is 15.1. The largest absolute Gasteiger partial charge is 0.373 e. The standard InChI is InChI=1S/C29H28ClFN4O3/c1-16-17(2)32-28-27(22-7-6-21(30)12-23(22)31)33-24(15-35(28)29(16)37)19-9-10-38-25(11-19)20-5-8-26(36)34(14-20)13-18-3-4-18/h5-8,12,14-15,18-19,25H,3-4,9-11,13H2,1-2H3/t19-,25+/m0/s1. The van der Waals surface area contributed by atoms with Crippen molar-refractivity contribution in [3.8, 4) is 11.3 Å². The second-order valence-electron chi connectivity index (χ2n) is 10.4. The number of halogens is 2. The van der Waals surface area contributed by atoms with Crippen LogP contribution in [-0.2, 0) is 11.3 Å². The molecule has 1 aliphatic heterocycles. The zero-order valence-electron chi connectivity index (χ0n) is 21.3. The quantitative estimate of drug-likeness (QED) is 0.344. The summed E-state index contributed by atoms with van der Waals surface area (Å²) >= 11 is 6.01. The van der Waals surface area contributed by atoms with Gasteiger partial charge in [0.25, 0.3) is 11.1 Å². The highest BCUT2D eigenvalue weighted by atomic mass is 35.5. The maximum Gasteiger partial charge on any atom is 0.261 e. The number of fused-ring (bicyclic) bond motifs is 1. The smallest absolute Gasteiger partial charge is 0.261 e. The normalized spacial score (nSPS) is 19.7. The van der Waals surface area contributed by atoms with Crippen molar-refractivity contribution in [3.63, 3.8) is 0 Å². The molecule has 0 unspecified atom stereocenters. The van der Waals surface area contributed by atoms with Gasteiger partial charge in [0.15, 0.2) is 5.65 Å². The molecule has 1 aliphatic carbocycles. The number of hydrogen-bond acceptors (Lipinski definition) is 5. The van der Waals surface area contributed by atoms with Crippen LogP contribution in [-0.4, -0.2) is 25.5 Å². The maximum absolute atomic E-state index is 15.1. The van der Waals surface area contributed by atoms with E-state index in [2.05, 4.69) is 4.98 Å².